The summed E-state index contributed by atoms with van der Waals surface area (Å²) >= 11 is 0. The number of rotatable bonds is 1. The summed E-state index contributed by atoms with van der Waals surface area (Å²) in [5.41, 5.74) is 7.05. The molecule has 0 radical (unpaired) electrons. The van der Waals surface area contributed by atoms with Crippen molar-refractivity contribution in [3.8, 4) is 0 Å². The summed E-state index contributed by atoms with van der Waals surface area (Å²) in [7, 11) is 0. The smallest absolute Gasteiger partial charge is 0.0761 e. The average molecular weight is 241 g/mol. The van der Waals surface area contributed by atoms with Crippen molar-refractivity contribution in [2.45, 2.75) is 37.3 Å². The van der Waals surface area contributed by atoms with Crippen LogP contribution in [0.5, 0.6) is 0 Å². The maximum absolute atomic E-state index is 10.3. The average Bonchev–Trinajstić information content (AvgIpc) is 2.41. The predicted molar refractivity (Wildman–Crippen MR) is 74.3 cm³/mol. The Balaban J connectivity index is 2.19. The summed E-state index contributed by atoms with van der Waals surface area (Å²) in [5.74, 6) is 0. The largest absolute Gasteiger partial charge is 0.391 e. The van der Waals surface area contributed by atoms with E-state index in [9.17, 15) is 5.11 Å². The molecule has 2 aromatic rings. The van der Waals surface area contributed by atoms with Crippen molar-refractivity contribution < 1.29 is 5.11 Å². The maximum Gasteiger partial charge on any atom is 0.0761 e. The van der Waals surface area contributed by atoms with E-state index in [2.05, 4.69) is 24.3 Å². The molecule has 2 atom stereocenters. The third-order valence-electron chi connectivity index (χ3n) is 4.20. The molecule has 3 N–H and O–H groups in total. The Morgan fingerprint density at radius 1 is 1.06 bits per heavy atom. The lowest BCUT2D eigenvalue weighted by Crippen LogP contribution is -2.50. The summed E-state index contributed by atoms with van der Waals surface area (Å²) in [6.45, 7) is 0. The van der Waals surface area contributed by atoms with Crippen LogP contribution in [0, 0.1) is 0 Å². The fraction of sp³-hybridized carbons (Fsp3) is 0.375. The third-order valence-corrected chi connectivity index (χ3v) is 4.20. The number of hydrogen-bond donors (Lipinski definition) is 2. The van der Waals surface area contributed by atoms with Crippen LogP contribution in [0.3, 0.4) is 0 Å². The first kappa shape index (κ1) is 11.7. The van der Waals surface area contributed by atoms with Gasteiger partial charge in [-0.3, -0.25) is 0 Å². The van der Waals surface area contributed by atoms with Gasteiger partial charge in [-0.25, -0.2) is 0 Å². The highest BCUT2D eigenvalue weighted by Gasteiger charge is 2.38. The van der Waals surface area contributed by atoms with Gasteiger partial charge in [-0.05, 0) is 29.2 Å². The van der Waals surface area contributed by atoms with E-state index < -0.39 is 11.6 Å². The number of aliphatic hydroxyl groups excluding tert-OH is 1. The van der Waals surface area contributed by atoms with Gasteiger partial charge in [-0.1, -0.05) is 55.3 Å². The zero-order chi connectivity index (χ0) is 12.6. The molecule has 0 aromatic heterocycles. The summed E-state index contributed by atoms with van der Waals surface area (Å²) in [6.07, 6.45) is 3.40. The van der Waals surface area contributed by atoms with E-state index in [1.54, 1.807) is 0 Å². The van der Waals surface area contributed by atoms with Crippen molar-refractivity contribution in [3.05, 3.63) is 48.0 Å². The van der Waals surface area contributed by atoms with Gasteiger partial charge in [-0.15, -0.1) is 0 Å². The van der Waals surface area contributed by atoms with Gasteiger partial charge in [0.25, 0.3) is 0 Å². The molecule has 1 aliphatic carbocycles. The minimum Gasteiger partial charge on any atom is -0.391 e. The van der Waals surface area contributed by atoms with E-state index in [1.165, 1.54) is 10.8 Å². The second-order valence-corrected chi connectivity index (χ2v) is 5.33. The fourth-order valence-electron chi connectivity index (χ4n) is 3.12. The number of fused-ring (bicyclic) bond motifs is 1. The van der Waals surface area contributed by atoms with E-state index in [0.717, 1.165) is 31.2 Å². The van der Waals surface area contributed by atoms with E-state index in [1.807, 2.05) is 18.2 Å². The van der Waals surface area contributed by atoms with Gasteiger partial charge in [0.2, 0.25) is 0 Å². The van der Waals surface area contributed by atoms with Gasteiger partial charge in [0, 0.05) is 0 Å². The van der Waals surface area contributed by atoms with Crippen LogP contribution in [0.2, 0.25) is 0 Å². The van der Waals surface area contributed by atoms with Crippen molar-refractivity contribution in [2.24, 2.45) is 5.73 Å². The SMILES string of the molecule is NC1(c2cccc3ccccc23)CCCCC1O. The molecular weight excluding hydrogens is 222 g/mol. The van der Waals surface area contributed by atoms with E-state index in [0.29, 0.717) is 0 Å². The molecule has 0 spiro atoms. The standard InChI is InChI=1S/C16H19NO/c17-16(11-4-3-10-15(16)18)14-9-5-7-12-6-1-2-8-13(12)14/h1-2,5-9,15,18H,3-4,10-11,17H2. The van der Waals surface area contributed by atoms with Crippen molar-refractivity contribution in [1.29, 1.82) is 0 Å². The lowest BCUT2D eigenvalue weighted by molar-refractivity contribution is 0.0458. The monoisotopic (exact) mass is 241 g/mol. The van der Waals surface area contributed by atoms with Crippen LogP contribution < -0.4 is 5.73 Å². The van der Waals surface area contributed by atoms with Gasteiger partial charge in [-0.2, -0.15) is 0 Å². The van der Waals surface area contributed by atoms with Crippen molar-refractivity contribution >= 4 is 10.8 Å². The lowest BCUT2D eigenvalue weighted by atomic mass is 9.74. The van der Waals surface area contributed by atoms with Crippen molar-refractivity contribution in [1.82, 2.24) is 0 Å². The zero-order valence-electron chi connectivity index (χ0n) is 10.5. The van der Waals surface area contributed by atoms with Crippen LogP contribution in [0.4, 0.5) is 0 Å². The Kier molecular flexibility index (Phi) is 2.84. The van der Waals surface area contributed by atoms with E-state index >= 15 is 0 Å². The van der Waals surface area contributed by atoms with E-state index in [4.69, 9.17) is 5.73 Å². The van der Waals surface area contributed by atoms with Gasteiger partial charge in [0.15, 0.2) is 0 Å². The van der Waals surface area contributed by atoms with Gasteiger partial charge >= 0.3 is 0 Å². The molecule has 0 aliphatic heterocycles. The molecule has 2 aromatic carbocycles. The molecule has 18 heavy (non-hydrogen) atoms. The molecule has 1 saturated carbocycles. The highest BCUT2D eigenvalue weighted by molar-refractivity contribution is 5.86. The zero-order valence-corrected chi connectivity index (χ0v) is 10.5. The minimum absolute atomic E-state index is 0.433. The number of hydrogen-bond acceptors (Lipinski definition) is 2. The van der Waals surface area contributed by atoms with Crippen LogP contribution >= 0.6 is 0 Å². The van der Waals surface area contributed by atoms with Crippen LogP contribution in [-0.2, 0) is 5.54 Å². The molecule has 2 nitrogen and oxygen atoms in total. The summed E-state index contributed by atoms with van der Waals surface area (Å²) in [6, 6.07) is 14.5. The fourth-order valence-corrected chi connectivity index (χ4v) is 3.12. The van der Waals surface area contributed by atoms with Gasteiger partial charge < -0.3 is 10.8 Å². The first-order valence-electron chi connectivity index (χ1n) is 6.67. The Morgan fingerprint density at radius 3 is 2.67 bits per heavy atom. The molecule has 2 heteroatoms. The normalized spacial score (nSPS) is 28.4. The van der Waals surface area contributed by atoms with Crippen molar-refractivity contribution in [3.63, 3.8) is 0 Å². The first-order chi connectivity index (χ1) is 8.72. The summed E-state index contributed by atoms with van der Waals surface area (Å²) in [5, 5.41) is 12.7. The highest BCUT2D eigenvalue weighted by Crippen LogP contribution is 2.38. The second kappa shape index (κ2) is 4.38. The van der Waals surface area contributed by atoms with Gasteiger partial charge in [0.05, 0.1) is 11.6 Å². The molecule has 94 valence electrons. The lowest BCUT2D eigenvalue weighted by Gasteiger charge is -2.39. The highest BCUT2D eigenvalue weighted by atomic mass is 16.3. The number of nitrogens with two attached hydrogens (primary N) is 1. The molecule has 2 unspecified atom stereocenters. The molecule has 1 fully saturated rings. The summed E-state index contributed by atoms with van der Waals surface area (Å²) in [4.78, 5) is 0. The molecular formula is C16H19NO. The molecule has 3 rings (SSSR count). The quantitative estimate of drug-likeness (QED) is 0.806. The van der Waals surface area contributed by atoms with Gasteiger partial charge in [0.1, 0.15) is 0 Å². The van der Waals surface area contributed by atoms with E-state index in [-0.39, 0.29) is 0 Å². The van der Waals surface area contributed by atoms with Crippen LogP contribution in [0.1, 0.15) is 31.2 Å². The Hall–Kier alpha value is -1.38. The van der Waals surface area contributed by atoms with Crippen LogP contribution in [-0.4, -0.2) is 11.2 Å². The Morgan fingerprint density at radius 2 is 1.83 bits per heavy atom. The second-order valence-electron chi connectivity index (χ2n) is 5.33. The molecule has 0 amide bonds. The Bertz CT molecular complexity index is 561. The molecule has 0 bridgehead atoms. The first-order valence-corrected chi connectivity index (χ1v) is 6.67. The minimum atomic E-state index is -0.584. The van der Waals surface area contributed by atoms with Crippen LogP contribution in [0.25, 0.3) is 10.8 Å². The maximum atomic E-state index is 10.3. The third kappa shape index (κ3) is 1.73. The van der Waals surface area contributed by atoms with Crippen molar-refractivity contribution in [2.75, 3.05) is 0 Å². The summed E-state index contributed by atoms with van der Waals surface area (Å²) < 4.78 is 0. The number of aliphatic hydroxyl groups is 1. The molecule has 1 aliphatic rings. The Labute approximate surface area is 107 Å². The van der Waals surface area contributed by atoms with Crippen LogP contribution in [0.15, 0.2) is 42.5 Å². The predicted octanol–water partition coefficient (Wildman–Crippen LogP) is 2.93. The molecule has 0 heterocycles. The molecule has 0 saturated heterocycles. The topological polar surface area (TPSA) is 46.2 Å². The number of benzene rings is 2.